The SMILES string of the molecule is O=C(Cn1c(=O)oc2ccccc21)N1CC(CO)C1. The van der Waals surface area contributed by atoms with E-state index in [1.165, 1.54) is 4.57 Å². The summed E-state index contributed by atoms with van der Waals surface area (Å²) in [4.78, 5) is 25.3. The molecule has 1 aliphatic heterocycles. The number of aliphatic hydroxyl groups is 1. The summed E-state index contributed by atoms with van der Waals surface area (Å²) >= 11 is 0. The van der Waals surface area contributed by atoms with Crippen molar-refractivity contribution < 1.29 is 14.3 Å². The summed E-state index contributed by atoms with van der Waals surface area (Å²) in [6.45, 7) is 1.19. The van der Waals surface area contributed by atoms with Crippen molar-refractivity contribution >= 4 is 17.0 Å². The van der Waals surface area contributed by atoms with Gasteiger partial charge in [0.05, 0.1) is 5.52 Å². The second-order valence-corrected chi connectivity index (χ2v) is 4.77. The van der Waals surface area contributed by atoms with Gasteiger partial charge in [-0.2, -0.15) is 0 Å². The third kappa shape index (κ3) is 2.04. The summed E-state index contributed by atoms with van der Waals surface area (Å²) in [5, 5.41) is 8.92. The Morgan fingerprint density at radius 2 is 2.11 bits per heavy atom. The van der Waals surface area contributed by atoms with E-state index >= 15 is 0 Å². The largest absolute Gasteiger partial charge is 0.420 e. The molecule has 0 aliphatic carbocycles. The van der Waals surface area contributed by atoms with Crippen LogP contribution < -0.4 is 5.76 Å². The summed E-state index contributed by atoms with van der Waals surface area (Å²) < 4.78 is 6.41. The number of carbonyl (C=O) groups excluding carboxylic acids is 1. The molecular weight excluding hydrogens is 248 g/mol. The third-order valence-electron chi connectivity index (χ3n) is 3.44. The summed E-state index contributed by atoms with van der Waals surface area (Å²) in [5.41, 5.74) is 1.11. The molecule has 0 spiro atoms. The molecule has 2 heterocycles. The van der Waals surface area contributed by atoms with Gasteiger partial charge in [0.2, 0.25) is 5.91 Å². The Hall–Kier alpha value is -2.08. The van der Waals surface area contributed by atoms with E-state index < -0.39 is 5.76 Å². The topological polar surface area (TPSA) is 75.7 Å². The minimum Gasteiger partial charge on any atom is -0.408 e. The quantitative estimate of drug-likeness (QED) is 0.847. The second-order valence-electron chi connectivity index (χ2n) is 4.77. The van der Waals surface area contributed by atoms with Gasteiger partial charge in [-0.3, -0.25) is 9.36 Å². The van der Waals surface area contributed by atoms with Crippen molar-refractivity contribution in [2.45, 2.75) is 6.54 Å². The number of benzene rings is 1. The molecule has 1 amide bonds. The maximum Gasteiger partial charge on any atom is 0.420 e. The highest BCUT2D eigenvalue weighted by Gasteiger charge is 2.30. The van der Waals surface area contributed by atoms with Crippen LogP contribution in [-0.2, 0) is 11.3 Å². The van der Waals surface area contributed by atoms with Crippen molar-refractivity contribution in [3.8, 4) is 0 Å². The molecule has 0 unspecified atom stereocenters. The normalized spacial score (nSPS) is 15.7. The number of fused-ring (bicyclic) bond motifs is 1. The molecule has 1 fully saturated rings. The Morgan fingerprint density at radius 1 is 1.37 bits per heavy atom. The predicted octanol–water partition coefficient (Wildman–Crippen LogP) is 0.0452. The number of aromatic nitrogens is 1. The van der Waals surface area contributed by atoms with Crippen molar-refractivity contribution in [2.75, 3.05) is 19.7 Å². The minimum atomic E-state index is -0.520. The van der Waals surface area contributed by atoms with Crippen LogP contribution in [0.2, 0.25) is 0 Å². The lowest BCUT2D eigenvalue weighted by molar-refractivity contribution is -0.139. The van der Waals surface area contributed by atoms with E-state index in [4.69, 9.17) is 9.52 Å². The fourth-order valence-electron chi connectivity index (χ4n) is 2.29. The van der Waals surface area contributed by atoms with Gasteiger partial charge in [-0.1, -0.05) is 12.1 Å². The number of para-hydroxylation sites is 2. The first-order chi connectivity index (χ1) is 9.19. The first kappa shape index (κ1) is 12.0. The molecule has 6 heteroatoms. The summed E-state index contributed by atoms with van der Waals surface area (Å²) in [5.74, 6) is -0.478. The van der Waals surface area contributed by atoms with Gasteiger partial charge in [0.15, 0.2) is 5.58 Å². The molecule has 100 valence electrons. The van der Waals surface area contributed by atoms with Gasteiger partial charge in [-0.25, -0.2) is 4.79 Å². The zero-order valence-electron chi connectivity index (χ0n) is 10.3. The van der Waals surface area contributed by atoms with Crippen LogP contribution in [0.5, 0.6) is 0 Å². The summed E-state index contributed by atoms with van der Waals surface area (Å²) in [7, 11) is 0. The molecule has 1 aromatic heterocycles. The lowest BCUT2D eigenvalue weighted by atomic mass is 10.0. The van der Waals surface area contributed by atoms with Crippen LogP contribution >= 0.6 is 0 Å². The number of rotatable bonds is 3. The van der Waals surface area contributed by atoms with Gasteiger partial charge in [-0.05, 0) is 12.1 Å². The van der Waals surface area contributed by atoms with Crippen LogP contribution in [0.15, 0.2) is 33.5 Å². The Labute approximate surface area is 108 Å². The monoisotopic (exact) mass is 262 g/mol. The zero-order chi connectivity index (χ0) is 13.4. The fraction of sp³-hybridized carbons (Fsp3) is 0.385. The van der Waals surface area contributed by atoms with E-state index in [1.807, 2.05) is 0 Å². The van der Waals surface area contributed by atoms with Gasteiger partial charge < -0.3 is 14.4 Å². The molecular formula is C13H14N2O4. The van der Waals surface area contributed by atoms with E-state index in [1.54, 1.807) is 29.2 Å². The predicted molar refractivity (Wildman–Crippen MR) is 67.6 cm³/mol. The van der Waals surface area contributed by atoms with Gasteiger partial charge in [0.25, 0.3) is 0 Å². The van der Waals surface area contributed by atoms with E-state index in [9.17, 15) is 9.59 Å². The fourth-order valence-corrected chi connectivity index (χ4v) is 2.29. The Morgan fingerprint density at radius 3 is 2.84 bits per heavy atom. The Balaban J connectivity index is 1.80. The van der Waals surface area contributed by atoms with Gasteiger partial charge >= 0.3 is 5.76 Å². The lowest BCUT2D eigenvalue weighted by Gasteiger charge is -2.38. The Bertz CT molecular complexity index is 667. The average molecular weight is 262 g/mol. The number of hydrogen-bond acceptors (Lipinski definition) is 4. The van der Waals surface area contributed by atoms with Crippen molar-refractivity contribution in [1.82, 2.24) is 9.47 Å². The van der Waals surface area contributed by atoms with Crippen LogP contribution in [0.3, 0.4) is 0 Å². The second kappa shape index (κ2) is 4.55. The van der Waals surface area contributed by atoms with E-state index in [0.29, 0.717) is 24.2 Å². The zero-order valence-corrected chi connectivity index (χ0v) is 10.3. The number of likely N-dealkylation sites (tertiary alicyclic amines) is 1. The highest BCUT2D eigenvalue weighted by Crippen LogP contribution is 2.16. The van der Waals surface area contributed by atoms with Crippen LogP contribution in [0.25, 0.3) is 11.1 Å². The maximum absolute atomic E-state index is 12.0. The van der Waals surface area contributed by atoms with Gasteiger partial charge in [0.1, 0.15) is 6.54 Å². The number of hydrogen-bond donors (Lipinski definition) is 1. The van der Waals surface area contributed by atoms with Crippen molar-refractivity contribution in [2.24, 2.45) is 5.92 Å². The number of amides is 1. The molecule has 19 heavy (non-hydrogen) atoms. The third-order valence-corrected chi connectivity index (χ3v) is 3.44. The molecule has 1 saturated heterocycles. The van der Waals surface area contributed by atoms with E-state index in [2.05, 4.69) is 0 Å². The smallest absolute Gasteiger partial charge is 0.408 e. The molecule has 1 aliphatic rings. The van der Waals surface area contributed by atoms with E-state index in [0.717, 1.165) is 0 Å². The van der Waals surface area contributed by atoms with Gasteiger partial charge in [0, 0.05) is 25.6 Å². The lowest BCUT2D eigenvalue weighted by Crippen LogP contribution is -2.52. The Kier molecular flexibility index (Phi) is 2.87. The van der Waals surface area contributed by atoms with Crippen LogP contribution in [0, 0.1) is 5.92 Å². The van der Waals surface area contributed by atoms with Crippen LogP contribution in [0.4, 0.5) is 0 Å². The number of carbonyl (C=O) groups is 1. The highest BCUT2D eigenvalue weighted by molar-refractivity contribution is 5.80. The first-order valence-electron chi connectivity index (χ1n) is 6.16. The first-order valence-corrected chi connectivity index (χ1v) is 6.16. The molecule has 1 aromatic carbocycles. The van der Waals surface area contributed by atoms with Crippen molar-refractivity contribution in [3.05, 3.63) is 34.8 Å². The molecule has 2 aromatic rings. The van der Waals surface area contributed by atoms with E-state index in [-0.39, 0.29) is 25.0 Å². The van der Waals surface area contributed by atoms with Crippen LogP contribution in [-0.4, -0.2) is 40.2 Å². The van der Waals surface area contributed by atoms with Crippen molar-refractivity contribution in [3.63, 3.8) is 0 Å². The highest BCUT2D eigenvalue weighted by atomic mass is 16.4. The van der Waals surface area contributed by atoms with Gasteiger partial charge in [-0.15, -0.1) is 0 Å². The van der Waals surface area contributed by atoms with Crippen LogP contribution in [0.1, 0.15) is 0 Å². The van der Waals surface area contributed by atoms with Crippen molar-refractivity contribution in [1.29, 1.82) is 0 Å². The molecule has 6 nitrogen and oxygen atoms in total. The standard InChI is InChI=1S/C13H14N2O4/c16-8-9-5-14(6-9)12(17)7-15-10-3-1-2-4-11(10)19-13(15)18/h1-4,9,16H,5-8H2. The summed E-state index contributed by atoms with van der Waals surface area (Å²) in [6.07, 6.45) is 0. The summed E-state index contributed by atoms with van der Waals surface area (Å²) in [6, 6.07) is 7.02. The maximum atomic E-state index is 12.0. The molecule has 1 N–H and O–H groups in total. The molecule has 0 atom stereocenters. The molecule has 0 saturated carbocycles. The molecule has 3 rings (SSSR count). The minimum absolute atomic E-state index is 0.0198. The number of aliphatic hydroxyl groups excluding tert-OH is 1. The average Bonchev–Trinajstić information content (AvgIpc) is 2.65. The molecule has 0 bridgehead atoms. The number of nitrogens with zero attached hydrogens (tertiary/aromatic N) is 2. The molecule has 0 radical (unpaired) electrons. The number of oxazole rings is 1.